The van der Waals surface area contributed by atoms with E-state index in [1.807, 2.05) is 59.0 Å². The number of carbonyl (C=O) groups is 1. The Morgan fingerprint density at radius 3 is 2.52 bits per heavy atom. The van der Waals surface area contributed by atoms with E-state index < -0.39 is 5.60 Å². The minimum Gasteiger partial charge on any atom is -0.456 e. The molecule has 0 radical (unpaired) electrons. The second kappa shape index (κ2) is 6.83. The topological polar surface area (TPSA) is 39.2 Å². The molecule has 0 aliphatic rings. The van der Waals surface area contributed by atoms with E-state index >= 15 is 0 Å². The first-order valence-electron chi connectivity index (χ1n) is 7.59. The molecule has 4 heteroatoms. The maximum absolute atomic E-state index is 12.5. The van der Waals surface area contributed by atoms with Crippen molar-refractivity contribution in [3.63, 3.8) is 0 Å². The minimum atomic E-state index is -0.506. The fourth-order valence-electron chi connectivity index (χ4n) is 2.30. The van der Waals surface area contributed by atoms with Crippen LogP contribution in [-0.2, 0) is 11.2 Å². The van der Waals surface area contributed by atoms with Crippen LogP contribution in [0.3, 0.4) is 0 Å². The number of pyridine rings is 1. The molecule has 0 atom stereocenters. The standard InChI is InChI=1S/C19H22BrNO2/c1-12-6-7-15(10-14-9-13(2)17(20)21-11-14)16(8-12)18(22)23-19(3,4)5/h6-9,11H,10H2,1-5H3. The molecule has 0 aliphatic carbocycles. The van der Waals surface area contributed by atoms with Gasteiger partial charge in [-0.2, -0.15) is 0 Å². The molecule has 2 rings (SSSR count). The van der Waals surface area contributed by atoms with E-state index in [0.29, 0.717) is 12.0 Å². The van der Waals surface area contributed by atoms with Crippen LogP contribution in [0.2, 0.25) is 0 Å². The van der Waals surface area contributed by atoms with Crippen LogP contribution < -0.4 is 0 Å². The Morgan fingerprint density at radius 1 is 1.22 bits per heavy atom. The summed E-state index contributed by atoms with van der Waals surface area (Å²) in [4.78, 5) is 16.8. The van der Waals surface area contributed by atoms with Crippen molar-refractivity contribution in [2.45, 2.75) is 46.6 Å². The van der Waals surface area contributed by atoms with Gasteiger partial charge in [0.2, 0.25) is 0 Å². The highest BCUT2D eigenvalue weighted by molar-refractivity contribution is 9.10. The summed E-state index contributed by atoms with van der Waals surface area (Å²) in [7, 11) is 0. The minimum absolute atomic E-state index is 0.280. The lowest BCUT2D eigenvalue weighted by molar-refractivity contribution is 0.00684. The molecule has 1 heterocycles. The van der Waals surface area contributed by atoms with Gasteiger partial charge in [0.25, 0.3) is 0 Å². The normalized spacial score (nSPS) is 11.4. The van der Waals surface area contributed by atoms with Gasteiger partial charge in [-0.3, -0.25) is 0 Å². The number of hydrogen-bond acceptors (Lipinski definition) is 3. The molecule has 0 saturated carbocycles. The Balaban J connectivity index is 2.35. The number of ether oxygens (including phenoxy) is 1. The lowest BCUT2D eigenvalue weighted by Gasteiger charge is -2.21. The van der Waals surface area contributed by atoms with Gasteiger partial charge in [-0.1, -0.05) is 23.8 Å². The molecule has 1 aromatic heterocycles. The zero-order valence-electron chi connectivity index (χ0n) is 14.2. The van der Waals surface area contributed by atoms with Crippen LogP contribution in [0.25, 0.3) is 0 Å². The maximum Gasteiger partial charge on any atom is 0.338 e. The van der Waals surface area contributed by atoms with Crippen molar-refractivity contribution in [2.75, 3.05) is 0 Å². The molecule has 0 bridgehead atoms. The van der Waals surface area contributed by atoms with Gasteiger partial charge in [-0.05, 0) is 79.7 Å². The Kier molecular flexibility index (Phi) is 5.25. The number of nitrogens with zero attached hydrogens (tertiary/aromatic N) is 1. The van der Waals surface area contributed by atoms with Crippen LogP contribution in [0, 0.1) is 13.8 Å². The third-order valence-corrected chi connectivity index (χ3v) is 4.18. The first-order valence-corrected chi connectivity index (χ1v) is 8.39. The second-order valence-electron chi connectivity index (χ2n) is 6.79. The molecule has 2 aromatic rings. The Morgan fingerprint density at radius 2 is 1.91 bits per heavy atom. The lowest BCUT2D eigenvalue weighted by atomic mass is 9.98. The van der Waals surface area contributed by atoms with E-state index in [1.54, 1.807) is 0 Å². The van der Waals surface area contributed by atoms with Crippen molar-refractivity contribution >= 4 is 21.9 Å². The SMILES string of the molecule is Cc1ccc(Cc2cnc(Br)c(C)c2)c(C(=O)OC(C)(C)C)c1. The first kappa shape index (κ1) is 17.7. The third-order valence-electron chi connectivity index (χ3n) is 3.35. The van der Waals surface area contributed by atoms with E-state index in [1.165, 1.54) is 0 Å². The number of halogens is 1. The molecule has 3 nitrogen and oxygen atoms in total. The summed E-state index contributed by atoms with van der Waals surface area (Å²) < 4.78 is 6.38. The monoisotopic (exact) mass is 375 g/mol. The van der Waals surface area contributed by atoms with Crippen molar-refractivity contribution in [1.29, 1.82) is 0 Å². The molecular formula is C19H22BrNO2. The summed E-state index contributed by atoms with van der Waals surface area (Å²) in [5, 5.41) is 0. The fourth-order valence-corrected chi connectivity index (χ4v) is 2.52. The van der Waals surface area contributed by atoms with Gasteiger partial charge in [0, 0.05) is 6.20 Å². The predicted molar refractivity (Wildman–Crippen MR) is 95.8 cm³/mol. The molecule has 122 valence electrons. The van der Waals surface area contributed by atoms with Gasteiger partial charge >= 0.3 is 5.97 Å². The number of hydrogen-bond donors (Lipinski definition) is 0. The Bertz CT molecular complexity index is 733. The van der Waals surface area contributed by atoms with Crippen molar-refractivity contribution in [2.24, 2.45) is 0 Å². The number of benzene rings is 1. The van der Waals surface area contributed by atoms with Gasteiger partial charge in [0.05, 0.1) is 5.56 Å². The highest BCUT2D eigenvalue weighted by Gasteiger charge is 2.20. The number of aromatic nitrogens is 1. The second-order valence-corrected chi connectivity index (χ2v) is 7.54. The highest BCUT2D eigenvalue weighted by Crippen LogP contribution is 2.21. The molecule has 0 amide bonds. The number of esters is 1. The fraction of sp³-hybridized carbons (Fsp3) is 0.368. The van der Waals surface area contributed by atoms with Crippen LogP contribution in [0.15, 0.2) is 35.1 Å². The average Bonchev–Trinajstić information content (AvgIpc) is 2.43. The largest absolute Gasteiger partial charge is 0.456 e. The average molecular weight is 376 g/mol. The molecule has 0 fully saturated rings. The predicted octanol–water partition coefficient (Wildman–Crippen LogP) is 5.01. The molecule has 0 unspecified atom stereocenters. The first-order chi connectivity index (χ1) is 10.7. The van der Waals surface area contributed by atoms with E-state index in [9.17, 15) is 4.79 Å². The zero-order valence-corrected chi connectivity index (χ0v) is 15.8. The highest BCUT2D eigenvalue weighted by atomic mass is 79.9. The quantitative estimate of drug-likeness (QED) is 0.559. The van der Waals surface area contributed by atoms with Crippen molar-refractivity contribution in [3.05, 3.63) is 62.9 Å². The Hall–Kier alpha value is -1.68. The van der Waals surface area contributed by atoms with Crippen molar-refractivity contribution in [1.82, 2.24) is 4.98 Å². The number of carbonyl (C=O) groups excluding carboxylic acids is 1. The maximum atomic E-state index is 12.5. The summed E-state index contributed by atoms with van der Waals surface area (Å²) in [5.74, 6) is -0.280. The van der Waals surface area contributed by atoms with Gasteiger partial charge in [-0.15, -0.1) is 0 Å². The van der Waals surface area contributed by atoms with Crippen LogP contribution in [-0.4, -0.2) is 16.6 Å². The summed E-state index contributed by atoms with van der Waals surface area (Å²) in [6.07, 6.45) is 2.48. The van der Waals surface area contributed by atoms with Crippen LogP contribution in [0.1, 0.15) is 53.4 Å². The van der Waals surface area contributed by atoms with Crippen molar-refractivity contribution < 1.29 is 9.53 Å². The molecule has 0 spiro atoms. The summed E-state index contributed by atoms with van der Waals surface area (Å²) in [6, 6.07) is 7.98. The van der Waals surface area contributed by atoms with E-state index in [4.69, 9.17) is 4.74 Å². The molecule has 0 aliphatic heterocycles. The zero-order chi connectivity index (χ0) is 17.2. The van der Waals surface area contributed by atoms with E-state index in [-0.39, 0.29) is 5.97 Å². The van der Waals surface area contributed by atoms with Gasteiger partial charge in [-0.25, -0.2) is 9.78 Å². The molecule has 1 aromatic carbocycles. The van der Waals surface area contributed by atoms with E-state index in [0.717, 1.165) is 26.9 Å². The van der Waals surface area contributed by atoms with Crippen LogP contribution in [0.5, 0.6) is 0 Å². The summed E-state index contributed by atoms with van der Waals surface area (Å²) in [6.45, 7) is 9.61. The summed E-state index contributed by atoms with van der Waals surface area (Å²) in [5.41, 5.74) is 4.26. The van der Waals surface area contributed by atoms with Gasteiger partial charge in [0.15, 0.2) is 0 Å². The number of aryl methyl sites for hydroxylation is 2. The van der Waals surface area contributed by atoms with Gasteiger partial charge in [0.1, 0.15) is 10.2 Å². The third kappa shape index (κ3) is 4.90. The molecule has 0 N–H and O–H groups in total. The number of rotatable bonds is 3. The smallest absolute Gasteiger partial charge is 0.338 e. The molecular weight excluding hydrogens is 354 g/mol. The lowest BCUT2D eigenvalue weighted by Crippen LogP contribution is -2.24. The van der Waals surface area contributed by atoms with E-state index in [2.05, 4.69) is 27.0 Å². The Labute approximate surface area is 146 Å². The van der Waals surface area contributed by atoms with Crippen LogP contribution >= 0.6 is 15.9 Å². The van der Waals surface area contributed by atoms with Crippen molar-refractivity contribution in [3.8, 4) is 0 Å². The van der Waals surface area contributed by atoms with Gasteiger partial charge < -0.3 is 4.74 Å². The summed E-state index contributed by atoms with van der Waals surface area (Å²) >= 11 is 3.41. The molecule has 0 saturated heterocycles. The van der Waals surface area contributed by atoms with Crippen LogP contribution in [0.4, 0.5) is 0 Å². The molecule has 23 heavy (non-hydrogen) atoms.